The smallest absolute Gasteiger partial charge is 0.191 e. The molecule has 1 aromatic carbocycles. The van der Waals surface area contributed by atoms with E-state index in [1.165, 1.54) is 18.2 Å². The highest BCUT2D eigenvalue weighted by molar-refractivity contribution is 5.19. The maximum absolute atomic E-state index is 13.7. The number of benzene rings is 1. The average Bonchev–Trinajstić information content (AvgIpc) is 2.92. The van der Waals surface area contributed by atoms with Crippen LogP contribution >= 0.6 is 0 Å². The van der Waals surface area contributed by atoms with Crippen LogP contribution in [0.15, 0.2) is 28.9 Å². The first kappa shape index (κ1) is 16.1. The van der Waals surface area contributed by atoms with Crippen LogP contribution in [0.5, 0.6) is 0 Å². The Labute approximate surface area is 135 Å². The number of rotatable bonds is 5. The SMILES string of the molecule is Cc1nc(CN2CCC[C@H](CCc3c(F)cccc3F)C2)co1. The molecule has 124 valence electrons. The highest BCUT2D eigenvalue weighted by Gasteiger charge is 2.21. The molecule has 0 amide bonds. The molecule has 1 aromatic heterocycles. The van der Waals surface area contributed by atoms with Crippen molar-refractivity contribution in [2.24, 2.45) is 5.92 Å². The number of oxazole rings is 1. The van der Waals surface area contributed by atoms with Gasteiger partial charge in [0.25, 0.3) is 0 Å². The Bertz CT molecular complexity index is 636. The van der Waals surface area contributed by atoms with E-state index in [1.54, 1.807) is 6.26 Å². The van der Waals surface area contributed by atoms with Crippen molar-refractivity contribution in [3.05, 3.63) is 53.2 Å². The van der Waals surface area contributed by atoms with Gasteiger partial charge in [0.2, 0.25) is 0 Å². The first-order valence-electron chi connectivity index (χ1n) is 8.18. The van der Waals surface area contributed by atoms with Crippen LogP contribution in [0.25, 0.3) is 0 Å². The third-order valence-electron chi connectivity index (χ3n) is 4.52. The van der Waals surface area contributed by atoms with Crippen molar-refractivity contribution in [3.63, 3.8) is 0 Å². The third-order valence-corrected chi connectivity index (χ3v) is 4.52. The molecule has 2 aromatic rings. The van der Waals surface area contributed by atoms with Gasteiger partial charge in [-0.25, -0.2) is 13.8 Å². The van der Waals surface area contributed by atoms with E-state index in [-0.39, 0.29) is 5.56 Å². The second-order valence-corrected chi connectivity index (χ2v) is 6.34. The summed E-state index contributed by atoms with van der Waals surface area (Å²) < 4.78 is 32.6. The Morgan fingerprint density at radius 1 is 1.30 bits per heavy atom. The molecule has 3 nitrogen and oxygen atoms in total. The molecular formula is C18H22F2N2O. The lowest BCUT2D eigenvalue weighted by Gasteiger charge is -2.32. The summed E-state index contributed by atoms with van der Waals surface area (Å²) in [5.74, 6) is 0.283. The number of aromatic nitrogens is 1. The van der Waals surface area contributed by atoms with E-state index >= 15 is 0 Å². The monoisotopic (exact) mass is 320 g/mol. The van der Waals surface area contributed by atoms with Crippen LogP contribution < -0.4 is 0 Å². The van der Waals surface area contributed by atoms with Gasteiger partial charge in [0.05, 0.1) is 5.69 Å². The highest BCUT2D eigenvalue weighted by atomic mass is 19.1. The number of piperidine rings is 1. The number of nitrogens with zero attached hydrogens (tertiary/aromatic N) is 2. The molecule has 0 N–H and O–H groups in total. The van der Waals surface area contributed by atoms with Crippen LogP contribution in [0.3, 0.4) is 0 Å². The van der Waals surface area contributed by atoms with E-state index in [0.717, 1.165) is 44.6 Å². The minimum atomic E-state index is -0.435. The van der Waals surface area contributed by atoms with Gasteiger partial charge in [-0.3, -0.25) is 4.90 Å². The summed E-state index contributed by atoms with van der Waals surface area (Å²) in [7, 11) is 0. The summed E-state index contributed by atoms with van der Waals surface area (Å²) in [6.45, 7) is 4.60. The summed E-state index contributed by atoms with van der Waals surface area (Å²) in [6, 6.07) is 4.08. The summed E-state index contributed by atoms with van der Waals surface area (Å²) in [4.78, 5) is 6.69. The van der Waals surface area contributed by atoms with E-state index in [4.69, 9.17) is 4.42 Å². The summed E-state index contributed by atoms with van der Waals surface area (Å²) in [5.41, 5.74) is 1.17. The Balaban J connectivity index is 1.54. The zero-order chi connectivity index (χ0) is 16.2. The lowest BCUT2D eigenvalue weighted by Crippen LogP contribution is -2.35. The van der Waals surface area contributed by atoms with Gasteiger partial charge < -0.3 is 4.42 Å². The molecule has 23 heavy (non-hydrogen) atoms. The van der Waals surface area contributed by atoms with Crippen LogP contribution in [-0.4, -0.2) is 23.0 Å². The maximum Gasteiger partial charge on any atom is 0.191 e. The minimum absolute atomic E-state index is 0.219. The molecule has 2 heterocycles. The highest BCUT2D eigenvalue weighted by Crippen LogP contribution is 2.24. The quantitative estimate of drug-likeness (QED) is 0.830. The molecule has 0 spiro atoms. The molecule has 1 aliphatic rings. The second-order valence-electron chi connectivity index (χ2n) is 6.34. The van der Waals surface area contributed by atoms with E-state index in [9.17, 15) is 8.78 Å². The number of hydrogen-bond acceptors (Lipinski definition) is 3. The first-order chi connectivity index (χ1) is 11.1. The van der Waals surface area contributed by atoms with Crippen LogP contribution in [0.4, 0.5) is 8.78 Å². The maximum atomic E-state index is 13.7. The van der Waals surface area contributed by atoms with Gasteiger partial charge in [-0.2, -0.15) is 0 Å². The molecule has 1 fully saturated rings. The van der Waals surface area contributed by atoms with Crippen molar-refractivity contribution in [3.8, 4) is 0 Å². The van der Waals surface area contributed by atoms with Crippen LogP contribution in [0.1, 0.15) is 36.4 Å². The standard InChI is InChI=1S/C18H22F2N2O/c1-13-21-15(12-23-13)11-22-9-3-4-14(10-22)7-8-16-17(19)5-2-6-18(16)20/h2,5-6,12,14H,3-4,7-11H2,1H3/t14-/m1/s1. The van der Waals surface area contributed by atoms with Crippen molar-refractivity contribution < 1.29 is 13.2 Å². The predicted molar refractivity (Wildman–Crippen MR) is 83.9 cm³/mol. The third kappa shape index (κ3) is 4.16. The Morgan fingerprint density at radius 3 is 2.78 bits per heavy atom. The Hall–Kier alpha value is -1.75. The van der Waals surface area contributed by atoms with Crippen molar-refractivity contribution in [1.82, 2.24) is 9.88 Å². The molecule has 3 rings (SSSR count). The van der Waals surface area contributed by atoms with E-state index in [1.807, 2.05) is 6.92 Å². The van der Waals surface area contributed by atoms with Gasteiger partial charge in [-0.05, 0) is 50.3 Å². The van der Waals surface area contributed by atoms with Gasteiger partial charge >= 0.3 is 0 Å². The fourth-order valence-electron chi connectivity index (χ4n) is 3.36. The molecule has 1 atom stereocenters. The lowest BCUT2D eigenvalue weighted by atomic mass is 9.91. The summed E-state index contributed by atoms with van der Waals surface area (Å²) >= 11 is 0. The van der Waals surface area contributed by atoms with Gasteiger partial charge in [-0.15, -0.1) is 0 Å². The molecule has 1 aliphatic heterocycles. The lowest BCUT2D eigenvalue weighted by molar-refractivity contribution is 0.160. The van der Waals surface area contributed by atoms with Crippen LogP contribution in [0.2, 0.25) is 0 Å². The molecule has 0 aliphatic carbocycles. The van der Waals surface area contributed by atoms with Crippen LogP contribution in [0, 0.1) is 24.5 Å². The fraction of sp³-hybridized carbons (Fsp3) is 0.500. The molecular weight excluding hydrogens is 298 g/mol. The molecule has 1 saturated heterocycles. The number of hydrogen-bond donors (Lipinski definition) is 0. The molecule has 5 heteroatoms. The van der Waals surface area contributed by atoms with Crippen molar-refractivity contribution in [2.45, 2.75) is 39.2 Å². The number of aryl methyl sites for hydroxylation is 1. The zero-order valence-electron chi connectivity index (χ0n) is 13.4. The van der Waals surface area contributed by atoms with Crippen molar-refractivity contribution in [2.75, 3.05) is 13.1 Å². The van der Waals surface area contributed by atoms with Gasteiger partial charge in [0, 0.05) is 25.6 Å². The van der Waals surface area contributed by atoms with E-state index < -0.39 is 11.6 Å². The summed E-state index contributed by atoms with van der Waals surface area (Å²) in [5, 5.41) is 0. The van der Waals surface area contributed by atoms with Crippen molar-refractivity contribution >= 4 is 0 Å². The largest absolute Gasteiger partial charge is 0.449 e. The normalized spacial score (nSPS) is 19.2. The van der Waals surface area contributed by atoms with E-state index in [0.29, 0.717) is 18.2 Å². The fourth-order valence-corrected chi connectivity index (χ4v) is 3.36. The topological polar surface area (TPSA) is 29.3 Å². The number of halogens is 2. The molecule has 0 radical (unpaired) electrons. The molecule has 0 saturated carbocycles. The second kappa shape index (κ2) is 7.21. The Kier molecular flexibility index (Phi) is 5.06. The first-order valence-corrected chi connectivity index (χ1v) is 8.18. The van der Waals surface area contributed by atoms with Gasteiger partial charge in [0.15, 0.2) is 5.89 Å². The summed E-state index contributed by atoms with van der Waals surface area (Å²) in [6.07, 6.45) is 5.20. The minimum Gasteiger partial charge on any atom is -0.449 e. The van der Waals surface area contributed by atoms with Crippen molar-refractivity contribution in [1.29, 1.82) is 0 Å². The van der Waals surface area contributed by atoms with Gasteiger partial charge in [0.1, 0.15) is 17.9 Å². The van der Waals surface area contributed by atoms with Crippen LogP contribution in [-0.2, 0) is 13.0 Å². The van der Waals surface area contributed by atoms with E-state index in [2.05, 4.69) is 9.88 Å². The molecule has 0 bridgehead atoms. The zero-order valence-corrected chi connectivity index (χ0v) is 13.4. The molecule has 0 unspecified atom stereocenters. The average molecular weight is 320 g/mol. The van der Waals surface area contributed by atoms with Gasteiger partial charge in [-0.1, -0.05) is 6.07 Å². The predicted octanol–water partition coefficient (Wildman–Crippen LogP) is 4.11. The Morgan fingerprint density at radius 2 is 2.09 bits per heavy atom. The number of likely N-dealkylation sites (tertiary alicyclic amines) is 1.